The van der Waals surface area contributed by atoms with Gasteiger partial charge in [-0.2, -0.15) is 0 Å². The Morgan fingerprint density at radius 1 is 1.27 bits per heavy atom. The number of rotatable bonds is 4. The fourth-order valence-corrected chi connectivity index (χ4v) is 3.51. The van der Waals surface area contributed by atoms with E-state index < -0.39 is 27.9 Å². The summed E-state index contributed by atoms with van der Waals surface area (Å²) in [5, 5.41) is 2.66. The molecule has 1 aromatic carbocycles. The Morgan fingerprint density at radius 2 is 1.86 bits per heavy atom. The molecule has 2 rings (SSSR count). The first-order valence-corrected chi connectivity index (χ1v) is 8.65. The second-order valence-corrected chi connectivity index (χ2v) is 7.30. The van der Waals surface area contributed by atoms with Crippen LogP contribution in [-0.2, 0) is 19.6 Å². The van der Waals surface area contributed by atoms with E-state index in [2.05, 4.69) is 5.32 Å². The summed E-state index contributed by atoms with van der Waals surface area (Å²) in [6, 6.07) is 6.16. The Bertz CT molecular complexity index is 683. The minimum Gasteiger partial charge on any atom is -0.378 e. The molecule has 0 radical (unpaired) electrons. The van der Waals surface area contributed by atoms with Crippen LogP contribution in [-0.4, -0.2) is 50.9 Å². The van der Waals surface area contributed by atoms with Crippen molar-refractivity contribution >= 4 is 33.2 Å². The van der Waals surface area contributed by atoms with Crippen LogP contribution in [0.15, 0.2) is 24.3 Å². The highest BCUT2D eigenvalue weighted by Crippen LogP contribution is 2.23. The van der Waals surface area contributed by atoms with E-state index in [0.717, 1.165) is 11.9 Å². The molecule has 1 aliphatic rings. The number of benzene rings is 1. The molecular formula is C14H19N3O4S. The Hall–Kier alpha value is -2.09. The number of amides is 2. The van der Waals surface area contributed by atoms with Crippen molar-refractivity contribution in [3.63, 3.8) is 0 Å². The number of anilines is 2. The second-order valence-electron chi connectivity index (χ2n) is 5.44. The van der Waals surface area contributed by atoms with Gasteiger partial charge in [-0.25, -0.2) is 12.7 Å². The van der Waals surface area contributed by atoms with Gasteiger partial charge in [-0.15, -0.1) is 0 Å². The van der Waals surface area contributed by atoms with E-state index >= 15 is 0 Å². The molecule has 7 nitrogen and oxygen atoms in total. The van der Waals surface area contributed by atoms with E-state index in [4.69, 9.17) is 0 Å². The monoisotopic (exact) mass is 325 g/mol. The summed E-state index contributed by atoms with van der Waals surface area (Å²) >= 11 is 0. The first-order chi connectivity index (χ1) is 10.2. The van der Waals surface area contributed by atoms with E-state index in [9.17, 15) is 18.0 Å². The maximum Gasteiger partial charge on any atom is 0.248 e. The Kier molecular flexibility index (Phi) is 4.41. The molecule has 1 heterocycles. The normalized spacial score (nSPS) is 18.4. The van der Waals surface area contributed by atoms with Crippen molar-refractivity contribution in [2.75, 3.05) is 30.6 Å². The number of sulfonamides is 1. The summed E-state index contributed by atoms with van der Waals surface area (Å²) in [4.78, 5) is 25.8. The summed E-state index contributed by atoms with van der Waals surface area (Å²) in [6.45, 7) is 0. The van der Waals surface area contributed by atoms with Crippen molar-refractivity contribution in [3.8, 4) is 0 Å². The van der Waals surface area contributed by atoms with Gasteiger partial charge in [-0.05, 0) is 30.7 Å². The zero-order valence-electron chi connectivity index (χ0n) is 12.7. The zero-order valence-corrected chi connectivity index (χ0v) is 13.6. The largest absolute Gasteiger partial charge is 0.378 e. The smallest absolute Gasteiger partial charge is 0.248 e. The lowest BCUT2D eigenvalue weighted by Gasteiger charge is -2.21. The first-order valence-electron chi connectivity index (χ1n) is 6.80. The molecule has 1 atom stereocenters. The maximum absolute atomic E-state index is 12.3. The van der Waals surface area contributed by atoms with Gasteiger partial charge in [0.05, 0.1) is 6.26 Å². The molecule has 120 valence electrons. The van der Waals surface area contributed by atoms with Crippen molar-refractivity contribution in [2.24, 2.45) is 0 Å². The second kappa shape index (κ2) is 5.96. The van der Waals surface area contributed by atoms with Crippen molar-refractivity contribution in [3.05, 3.63) is 24.3 Å². The zero-order chi connectivity index (χ0) is 16.5. The van der Waals surface area contributed by atoms with Crippen LogP contribution in [0.4, 0.5) is 11.4 Å². The fourth-order valence-electron chi connectivity index (χ4n) is 2.38. The van der Waals surface area contributed by atoms with Gasteiger partial charge in [0.2, 0.25) is 21.8 Å². The average Bonchev–Trinajstić information content (AvgIpc) is 2.81. The van der Waals surface area contributed by atoms with Crippen molar-refractivity contribution in [2.45, 2.75) is 18.9 Å². The molecule has 1 unspecified atom stereocenters. The lowest BCUT2D eigenvalue weighted by molar-refractivity contribution is -0.128. The highest BCUT2D eigenvalue weighted by Gasteiger charge is 2.41. The Labute approximate surface area is 129 Å². The van der Waals surface area contributed by atoms with Gasteiger partial charge in [0, 0.05) is 31.9 Å². The van der Waals surface area contributed by atoms with Crippen LogP contribution in [0.1, 0.15) is 12.8 Å². The number of carbonyl (C=O) groups excluding carboxylic acids is 2. The predicted molar refractivity (Wildman–Crippen MR) is 84.1 cm³/mol. The molecule has 0 saturated carbocycles. The predicted octanol–water partition coefficient (Wildman–Crippen LogP) is 0.642. The molecule has 2 amide bonds. The lowest BCUT2D eigenvalue weighted by atomic mass is 10.2. The number of hydrogen-bond donors (Lipinski definition) is 1. The first kappa shape index (κ1) is 16.3. The average molecular weight is 325 g/mol. The van der Waals surface area contributed by atoms with Gasteiger partial charge in [-0.3, -0.25) is 9.59 Å². The third kappa shape index (κ3) is 3.38. The molecular weight excluding hydrogens is 306 g/mol. The van der Waals surface area contributed by atoms with Gasteiger partial charge >= 0.3 is 0 Å². The van der Waals surface area contributed by atoms with Crippen LogP contribution in [0.5, 0.6) is 0 Å². The molecule has 1 aromatic rings. The van der Waals surface area contributed by atoms with E-state index in [0.29, 0.717) is 9.99 Å². The molecule has 1 N–H and O–H groups in total. The van der Waals surface area contributed by atoms with Crippen LogP contribution >= 0.6 is 0 Å². The third-order valence-electron chi connectivity index (χ3n) is 3.47. The number of nitrogens with zero attached hydrogens (tertiary/aromatic N) is 2. The number of carbonyl (C=O) groups is 2. The summed E-state index contributed by atoms with van der Waals surface area (Å²) < 4.78 is 24.0. The fraction of sp³-hybridized carbons (Fsp3) is 0.429. The minimum atomic E-state index is -3.74. The Morgan fingerprint density at radius 3 is 2.36 bits per heavy atom. The van der Waals surface area contributed by atoms with Crippen LogP contribution in [0.2, 0.25) is 0 Å². The minimum absolute atomic E-state index is 0.0602. The van der Waals surface area contributed by atoms with Crippen LogP contribution in [0.3, 0.4) is 0 Å². The van der Waals surface area contributed by atoms with Gasteiger partial charge in [0.1, 0.15) is 6.04 Å². The lowest BCUT2D eigenvalue weighted by Crippen LogP contribution is -2.44. The third-order valence-corrected chi connectivity index (χ3v) is 4.64. The molecule has 0 spiro atoms. The summed E-state index contributed by atoms with van der Waals surface area (Å²) in [5.41, 5.74) is 1.54. The molecule has 1 aliphatic heterocycles. The quantitative estimate of drug-likeness (QED) is 0.878. The summed E-state index contributed by atoms with van der Waals surface area (Å²) in [7, 11) is 0.0691. The van der Waals surface area contributed by atoms with E-state index in [1.54, 1.807) is 12.1 Å². The van der Waals surface area contributed by atoms with E-state index in [-0.39, 0.29) is 12.8 Å². The SMILES string of the molecule is CN(C)c1ccc(NC(=O)C2CCC(=O)N2S(C)(=O)=O)cc1. The number of hydrogen-bond acceptors (Lipinski definition) is 5. The van der Waals surface area contributed by atoms with Crippen LogP contribution < -0.4 is 10.2 Å². The topological polar surface area (TPSA) is 86.8 Å². The molecule has 22 heavy (non-hydrogen) atoms. The van der Waals surface area contributed by atoms with Crippen molar-refractivity contribution in [1.29, 1.82) is 0 Å². The highest BCUT2D eigenvalue weighted by molar-refractivity contribution is 7.89. The molecule has 1 saturated heterocycles. The van der Waals surface area contributed by atoms with Gasteiger partial charge in [0.25, 0.3) is 0 Å². The van der Waals surface area contributed by atoms with E-state index in [1.165, 1.54) is 0 Å². The molecule has 1 fully saturated rings. The standard InChI is InChI=1S/C14H19N3O4S/c1-16(2)11-6-4-10(5-7-11)15-14(19)12-8-9-13(18)17(12)22(3,20)21/h4-7,12H,8-9H2,1-3H3,(H,15,19). The van der Waals surface area contributed by atoms with E-state index in [1.807, 2.05) is 31.1 Å². The summed E-state index contributed by atoms with van der Waals surface area (Å²) in [6.07, 6.45) is 1.20. The number of nitrogens with one attached hydrogen (secondary N) is 1. The maximum atomic E-state index is 12.3. The Balaban J connectivity index is 2.13. The van der Waals surface area contributed by atoms with Crippen molar-refractivity contribution in [1.82, 2.24) is 4.31 Å². The molecule has 0 aromatic heterocycles. The molecule has 0 bridgehead atoms. The summed E-state index contributed by atoms with van der Waals surface area (Å²) in [5.74, 6) is -1.03. The van der Waals surface area contributed by atoms with Gasteiger partial charge in [-0.1, -0.05) is 0 Å². The van der Waals surface area contributed by atoms with Crippen molar-refractivity contribution < 1.29 is 18.0 Å². The molecule has 8 heteroatoms. The highest BCUT2D eigenvalue weighted by atomic mass is 32.2. The molecule has 0 aliphatic carbocycles. The van der Waals surface area contributed by atoms with Crippen LogP contribution in [0.25, 0.3) is 0 Å². The van der Waals surface area contributed by atoms with Gasteiger partial charge in [0.15, 0.2) is 0 Å². The van der Waals surface area contributed by atoms with Crippen LogP contribution in [0, 0.1) is 0 Å². The van der Waals surface area contributed by atoms with Gasteiger partial charge < -0.3 is 10.2 Å².